The van der Waals surface area contributed by atoms with Gasteiger partial charge in [-0.25, -0.2) is 19.0 Å². The molecule has 3 N–H and O–H groups in total. The second-order valence-corrected chi connectivity index (χ2v) is 9.73. The Bertz CT molecular complexity index is 1490. The van der Waals surface area contributed by atoms with Crippen LogP contribution in [0.15, 0.2) is 94.9 Å². The third-order valence-corrected chi connectivity index (χ3v) is 6.55. The van der Waals surface area contributed by atoms with E-state index in [1.165, 1.54) is 12.1 Å². The van der Waals surface area contributed by atoms with Gasteiger partial charge < -0.3 is 9.30 Å². The summed E-state index contributed by atoms with van der Waals surface area (Å²) in [5.74, 6) is 0.205. The molecule has 0 bridgehead atoms. The van der Waals surface area contributed by atoms with Gasteiger partial charge in [-0.1, -0.05) is 42.5 Å². The highest BCUT2D eigenvalue weighted by Crippen LogP contribution is 2.22. The molecule has 0 fully saturated rings. The van der Waals surface area contributed by atoms with Crippen molar-refractivity contribution in [3.8, 4) is 22.6 Å². The first kappa shape index (κ1) is 24.9. The van der Waals surface area contributed by atoms with E-state index in [4.69, 9.17) is 9.88 Å². The molecule has 1 aromatic heterocycles. The highest BCUT2D eigenvalue weighted by Gasteiger charge is 2.12. The summed E-state index contributed by atoms with van der Waals surface area (Å²) in [5.41, 5.74) is 8.04. The van der Waals surface area contributed by atoms with Gasteiger partial charge in [-0.05, 0) is 67.4 Å². The minimum Gasteiger partial charge on any atom is -0.484 e. The number of benzene rings is 3. The fraction of sp³-hybridized carbons (Fsp3) is 0.111. The molecule has 0 spiro atoms. The number of primary sulfonamides is 1. The Morgan fingerprint density at radius 1 is 0.972 bits per heavy atom. The Balaban J connectivity index is 1.34. The maximum Gasteiger partial charge on any atom is 0.277 e. The number of rotatable bonds is 8. The van der Waals surface area contributed by atoms with E-state index in [0.29, 0.717) is 5.75 Å². The second kappa shape index (κ2) is 10.6. The maximum atomic E-state index is 12.2. The SMILES string of the molecule is Cc1cc(C=NNC(=O)COc2ccc(-c3ccccc3)cc2)c(C)n1-c1ccc(S(N)(=O)=O)cc1. The highest BCUT2D eigenvalue weighted by molar-refractivity contribution is 7.89. The molecule has 0 saturated carbocycles. The van der Waals surface area contributed by atoms with Crippen molar-refractivity contribution in [2.75, 3.05) is 6.61 Å². The summed E-state index contributed by atoms with van der Waals surface area (Å²) in [6, 6.07) is 25.8. The highest BCUT2D eigenvalue weighted by atomic mass is 32.2. The van der Waals surface area contributed by atoms with Gasteiger partial charge in [0, 0.05) is 22.6 Å². The van der Waals surface area contributed by atoms with Crippen LogP contribution in [-0.2, 0) is 14.8 Å². The average molecular weight is 503 g/mol. The van der Waals surface area contributed by atoms with Crippen LogP contribution in [0.5, 0.6) is 5.75 Å². The van der Waals surface area contributed by atoms with Crippen molar-refractivity contribution in [2.24, 2.45) is 10.2 Å². The molecule has 0 unspecified atom stereocenters. The van der Waals surface area contributed by atoms with Gasteiger partial charge in [0.1, 0.15) is 5.75 Å². The topological polar surface area (TPSA) is 116 Å². The van der Waals surface area contributed by atoms with Crippen molar-refractivity contribution in [1.29, 1.82) is 0 Å². The predicted octanol–water partition coefficient (Wildman–Crippen LogP) is 3.94. The number of nitrogens with zero attached hydrogens (tertiary/aromatic N) is 2. The lowest BCUT2D eigenvalue weighted by atomic mass is 10.1. The van der Waals surface area contributed by atoms with Crippen molar-refractivity contribution in [1.82, 2.24) is 9.99 Å². The normalized spacial score (nSPS) is 11.5. The maximum absolute atomic E-state index is 12.2. The van der Waals surface area contributed by atoms with Gasteiger partial charge in [0.05, 0.1) is 11.1 Å². The number of nitrogens with two attached hydrogens (primary N) is 1. The summed E-state index contributed by atoms with van der Waals surface area (Å²) in [7, 11) is -3.75. The summed E-state index contributed by atoms with van der Waals surface area (Å²) < 4.78 is 30.5. The van der Waals surface area contributed by atoms with Crippen LogP contribution in [0.1, 0.15) is 17.0 Å². The van der Waals surface area contributed by atoms with E-state index in [-0.39, 0.29) is 17.4 Å². The zero-order chi connectivity index (χ0) is 25.7. The van der Waals surface area contributed by atoms with Gasteiger partial charge in [-0.15, -0.1) is 0 Å². The fourth-order valence-electron chi connectivity index (χ4n) is 3.83. The van der Waals surface area contributed by atoms with Gasteiger partial charge >= 0.3 is 0 Å². The monoisotopic (exact) mass is 502 g/mol. The van der Waals surface area contributed by atoms with Gasteiger partial charge in [0.15, 0.2) is 6.61 Å². The lowest BCUT2D eigenvalue weighted by molar-refractivity contribution is -0.123. The summed E-state index contributed by atoms with van der Waals surface area (Å²) in [4.78, 5) is 12.2. The second-order valence-electron chi connectivity index (χ2n) is 8.17. The fourth-order valence-corrected chi connectivity index (χ4v) is 4.35. The predicted molar refractivity (Wildman–Crippen MR) is 140 cm³/mol. The molecule has 4 rings (SSSR count). The van der Waals surface area contributed by atoms with Crippen molar-refractivity contribution in [2.45, 2.75) is 18.7 Å². The number of aryl methyl sites for hydroxylation is 1. The van der Waals surface area contributed by atoms with E-state index >= 15 is 0 Å². The van der Waals surface area contributed by atoms with E-state index in [1.54, 1.807) is 18.3 Å². The first-order valence-corrected chi connectivity index (χ1v) is 12.7. The minimum atomic E-state index is -3.75. The van der Waals surface area contributed by atoms with Crippen LogP contribution in [0.3, 0.4) is 0 Å². The quantitative estimate of drug-likeness (QED) is 0.280. The van der Waals surface area contributed by atoms with Crippen molar-refractivity contribution in [3.05, 3.63) is 102 Å². The lowest BCUT2D eigenvalue weighted by Gasteiger charge is -2.10. The molecular formula is C27H26N4O4S. The molecule has 1 heterocycles. The zero-order valence-electron chi connectivity index (χ0n) is 19.9. The molecule has 9 heteroatoms. The smallest absolute Gasteiger partial charge is 0.277 e. The zero-order valence-corrected chi connectivity index (χ0v) is 20.7. The van der Waals surface area contributed by atoms with Crippen LogP contribution >= 0.6 is 0 Å². The number of hydrazone groups is 1. The Kier molecular flexibility index (Phi) is 7.33. The minimum absolute atomic E-state index is 0.0487. The largest absolute Gasteiger partial charge is 0.484 e. The van der Waals surface area contributed by atoms with E-state index in [9.17, 15) is 13.2 Å². The molecular weight excluding hydrogens is 476 g/mol. The molecule has 0 aliphatic rings. The third-order valence-electron chi connectivity index (χ3n) is 5.62. The van der Waals surface area contributed by atoms with E-state index in [0.717, 1.165) is 33.8 Å². The number of carbonyl (C=O) groups is 1. The molecule has 0 aliphatic carbocycles. The van der Waals surface area contributed by atoms with E-state index in [2.05, 4.69) is 10.5 Å². The summed E-state index contributed by atoms with van der Waals surface area (Å²) in [5, 5.41) is 9.22. The molecule has 0 radical (unpaired) electrons. The van der Waals surface area contributed by atoms with Crippen LogP contribution in [-0.4, -0.2) is 31.7 Å². The van der Waals surface area contributed by atoms with Gasteiger partial charge in [0.25, 0.3) is 5.91 Å². The summed E-state index contributed by atoms with van der Waals surface area (Å²) in [6.07, 6.45) is 1.56. The molecule has 4 aromatic rings. The van der Waals surface area contributed by atoms with Gasteiger partial charge in [0.2, 0.25) is 10.0 Å². The van der Waals surface area contributed by atoms with E-state index in [1.807, 2.05) is 79.1 Å². The van der Waals surface area contributed by atoms with Crippen LogP contribution < -0.4 is 15.3 Å². The molecule has 0 aliphatic heterocycles. The molecule has 3 aromatic carbocycles. The summed E-state index contributed by atoms with van der Waals surface area (Å²) in [6.45, 7) is 3.66. The number of sulfonamides is 1. The number of nitrogens with one attached hydrogen (secondary N) is 1. The first-order chi connectivity index (χ1) is 17.2. The molecule has 184 valence electrons. The van der Waals surface area contributed by atoms with Gasteiger partial charge in [-0.2, -0.15) is 5.10 Å². The van der Waals surface area contributed by atoms with Crippen LogP contribution in [0.25, 0.3) is 16.8 Å². The van der Waals surface area contributed by atoms with Crippen molar-refractivity contribution in [3.63, 3.8) is 0 Å². The van der Waals surface area contributed by atoms with Crippen LogP contribution in [0, 0.1) is 13.8 Å². The van der Waals surface area contributed by atoms with Crippen molar-refractivity contribution >= 4 is 22.1 Å². The number of aromatic nitrogens is 1. The molecule has 0 atom stereocenters. The number of amides is 1. The number of hydrogen-bond donors (Lipinski definition) is 2. The number of hydrogen-bond acceptors (Lipinski definition) is 5. The molecule has 1 amide bonds. The molecule has 0 saturated heterocycles. The Hall–Kier alpha value is -4.21. The van der Waals surface area contributed by atoms with E-state index < -0.39 is 10.0 Å². The van der Waals surface area contributed by atoms with Crippen molar-refractivity contribution < 1.29 is 17.9 Å². The lowest BCUT2D eigenvalue weighted by Crippen LogP contribution is -2.24. The summed E-state index contributed by atoms with van der Waals surface area (Å²) >= 11 is 0. The van der Waals surface area contributed by atoms with Crippen LogP contribution in [0.4, 0.5) is 0 Å². The Morgan fingerprint density at radius 2 is 1.61 bits per heavy atom. The standard InChI is InChI=1S/C27H26N4O4S/c1-19-16-23(20(2)31(19)24-10-14-26(15-11-24)36(28,33)34)17-29-30-27(32)18-35-25-12-8-22(9-13-25)21-6-4-3-5-7-21/h3-17H,18H2,1-2H3,(H,30,32)(H2,28,33,34). The first-order valence-electron chi connectivity index (χ1n) is 11.1. The third kappa shape index (κ3) is 5.88. The molecule has 8 nitrogen and oxygen atoms in total. The molecule has 36 heavy (non-hydrogen) atoms. The number of ether oxygens (including phenoxy) is 1. The van der Waals surface area contributed by atoms with Gasteiger partial charge in [-0.3, -0.25) is 4.79 Å². The average Bonchev–Trinajstić information content (AvgIpc) is 3.15. The van der Waals surface area contributed by atoms with Crippen LogP contribution in [0.2, 0.25) is 0 Å². The Labute approximate surface area is 210 Å². The number of carbonyl (C=O) groups excluding carboxylic acids is 1. The Morgan fingerprint density at radius 3 is 2.25 bits per heavy atom.